The lowest BCUT2D eigenvalue weighted by Gasteiger charge is -2.34. The first-order chi connectivity index (χ1) is 11.5. The number of para-hydroxylation sites is 1. The van der Waals surface area contributed by atoms with Gasteiger partial charge in [-0.25, -0.2) is 4.79 Å². The molecular formula is C20H24N2O2. The lowest BCUT2D eigenvalue weighted by Crippen LogP contribution is -2.39. The number of carboxylic acids is 1. The van der Waals surface area contributed by atoms with Gasteiger partial charge >= 0.3 is 5.97 Å². The van der Waals surface area contributed by atoms with Crippen molar-refractivity contribution in [1.82, 2.24) is 0 Å². The van der Waals surface area contributed by atoms with Gasteiger partial charge in [-0.15, -0.1) is 0 Å². The number of aromatic carboxylic acids is 1. The van der Waals surface area contributed by atoms with E-state index in [-0.39, 0.29) is 0 Å². The van der Waals surface area contributed by atoms with Crippen molar-refractivity contribution < 1.29 is 9.90 Å². The Morgan fingerprint density at radius 2 is 1.75 bits per heavy atom. The zero-order valence-corrected chi connectivity index (χ0v) is 14.2. The van der Waals surface area contributed by atoms with E-state index in [4.69, 9.17) is 0 Å². The van der Waals surface area contributed by atoms with Gasteiger partial charge in [0.25, 0.3) is 0 Å². The maximum absolute atomic E-state index is 11.3. The number of rotatable bonds is 4. The van der Waals surface area contributed by atoms with E-state index in [0.29, 0.717) is 11.6 Å². The van der Waals surface area contributed by atoms with Gasteiger partial charge in [-0.1, -0.05) is 24.3 Å². The van der Waals surface area contributed by atoms with Gasteiger partial charge in [0.15, 0.2) is 0 Å². The molecule has 24 heavy (non-hydrogen) atoms. The number of hydrogen-bond acceptors (Lipinski definition) is 3. The van der Waals surface area contributed by atoms with Crippen molar-refractivity contribution in [3.05, 3.63) is 59.2 Å². The Morgan fingerprint density at radius 3 is 2.38 bits per heavy atom. The second kappa shape index (κ2) is 6.95. The van der Waals surface area contributed by atoms with Crippen LogP contribution >= 0.6 is 0 Å². The summed E-state index contributed by atoms with van der Waals surface area (Å²) in [5.74, 6) is -0.866. The zero-order chi connectivity index (χ0) is 17.1. The number of hydrogen-bond donors (Lipinski definition) is 2. The Bertz CT molecular complexity index is 720. The quantitative estimate of drug-likeness (QED) is 0.890. The number of piperidine rings is 1. The molecular weight excluding hydrogens is 300 g/mol. The lowest BCUT2D eigenvalue weighted by molar-refractivity contribution is 0.0696. The number of nitrogens with zero attached hydrogens (tertiary/aromatic N) is 1. The Kier molecular flexibility index (Phi) is 4.74. The average Bonchev–Trinajstić information content (AvgIpc) is 2.58. The molecule has 2 aromatic rings. The summed E-state index contributed by atoms with van der Waals surface area (Å²) in [6.45, 7) is 5.90. The van der Waals surface area contributed by atoms with Gasteiger partial charge in [-0.2, -0.15) is 0 Å². The zero-order valence-electron chi connectivity index (χ0n) is 14.2. The van der Waals surface area contributed by atoms with Crippen LogP contribution in [0.4, 0.5) is 11.4 Å². The fourth-order valence-electron chi connectivity index (χ4n) is 3.38. The second-order valence-corrected chi connectivity index (χ2v) is 6.53. The molecule has 0 spiro atoms. The summed E-state index contributed by atoms with van der Waals surface area (Å²) in [6.07, 6.45) is 2.09. The fourth-order valence-corrected chi connectivity index (χ4v) is 3.38. The third kappa shape index (κ3) is 3.53. The van der Waals surface area contributed by atoms with E-state index in [0.717, 1.165) is 42.7 Å². The molecule has 1 heterocycles. The maximum atomic E-state index is 11.3. The third-order valence-corrected chi connectivity index (χ3v) is 4.78. The first kappa shape index (κ1) is 16.4. The van der Waals surface area contributed by atoms with Gasteiger partial charge < -0.3 is 15.3 Å². The fraction of sp³-hybridized carbons (Fsp3) is 0.350. The van der Waals surface area contributed by atoms with Crippen LogP contribution < -0.4 is 10.2 Å². The summed E-state index contributed by atoms with van der Waals surface area (Å²) >= 11 is 0. The predicted molar refractivity (Wildman–Crippen MR) is 98.2 cm³/mol. The maximum Gasteiger partial charge on any atom is 0.336 e. The molecule has 1 saturated heterocycles. The molecule has 4 heteroatoms. The Labute approximate surface area is 143 Å². The minimum atomic E-state index is -0.866. The van der Waals surface area contributed by atoms with E-state index < -0.39 is 5.97 Å². The molecule has 1 fully saturated rings. The molecule has 3 rings (SSSR count). The smallest absolute Gasteiger partial charge is 0.336 e. The van der Waals surface area contributed by atoms with E-state index in [9.17, 15) is 9.90 Å². The van der Waals surface area contributed by atoms with E-state index in [2.05, 4.69) is 34.5 Å². The van der Waals surface area contributed by atoms with Crippen molar-refractivity contribution in [3.63, 3.8) is 0 Å². The minimum Gasteiger partial charge on any atom is -0.478 e. The van der Waals surface area contributed by atoms with Crippen molar-refractivity contribution in [2.24, 2.45) is 0 Å². The van der Waals surface area contributed by atoms with Gasteiger partial charge in [-0.05, 0) is 56.0 Å². The Hall–Kier alpha value is -2.49. The highest BCUT2D eigenvalue weighted by atomic mass is 16.4. The average molecular weight is 324 g/mol. The third-order valence-electron chi connectivity index (χ3n) is 4.78. The molecule has 0 atom stereocenters. The van der Waals surface area contributed by atoms with Crippen molar-refractivity contribution in [1.29, 1.82) is 0 Å². The molecule has 1 aliphatic heterocycles. The molecule has 0 aromatic heterocycles. The van der Waals surface area contributed by atoms with E-state index in [1.54, 1.807) is 6.07 Å². The Balaban J connectivity index is 1.66. The highest BCUT2D eigenvalue weighted by Crippen LogP contribution is 2.25. The normalized spacial score (nSPS) is 15.3. The molecule has 1 aliphatic rings. The molecule has 0 aliphatic carbocycles. The summed E-state index contributed by atoms with van der Waals surface area (Å²) in [5, 5.41) is 12.9. The highest BCUT2D eigenvalue weighted by Gasteiger charge is 2.20. The Morgan fingerprint density at radius 1 is 1.08 bits per heavy atom. The number of benzene rings is 2. The highest BCUT2D eigenvalue weighted by molar-refractivity contribution is 5.91. The molecule has 126 valence electrons. The van der Waals surface area contributed by atoms with Crippen LogP contribution in [0, 0.1) is 13.8 Å². The molecule has 0 saturated carbocycles. The summed E-state index contributed by atoms with van der Waals surface area (Å²) in [5.41, 5.74) is 4.50. The monoisotopic (exact) mass is 324 g/mol. The summed E-state index contributed by atoms with van der Waals surface area (Å²) in [6, 6.07) is 14.6. The topological polar surface area (TPSA) is 52.6 Å². The number of carboxylic acid groups (broad SMARTS) is 1. The van der Waals surface area contributed by atoms with Crippen LogP contribution in [-0.4, -0.2) is 30.2 Å². The first-order valence-electron chi connectivity index (χ1n) is 8.45. The van der Waals surface area contributed by atoms with Crippen molar-refractivity contribution in [2.45, 2.75) is 32.7 Å². The van der Waals surface area contributed by atoms with Crippen LogP contribution in [0.1, 0.15) is 34.3 Å². The number of carbonyl (C=O) groups is 1. The molecule has 0 amide bonds. The van der Waals surface area contributed by atoms with Crippen molar-refractivity contribution >= 4 is 17.3 Å². The van der Waals surface area contributed by atoms with Crippen LogP contribution in [0.2, 0.25) is 0 Å². The van der Waals surface area contributed by atoms with Crippen LogP contribution in [0.15, 0.2) is 42.5 Å². The number of nitrogens with one attached hydrogen (secondary N) is 1. The SMILES string of the molecule is Cc1cc(C)c(C(=O)O)cc1NC1CCN(c2ccccc2)CC1. The predicted octanol–water partition coefficient (Wildman–Crippen LogP) is 4.08. The largest absolute Gasteiger partial charge is 0.478 e. The van der Waals surface area contributed by atoms with Gasteiger partial charge in [-0.3, -0.25) is 0 Å². The van der Waals surface area contributed by atoms with Crippen LogP contribution in [0.25, 0.3) is 0 Å². The summed E-state index contributed by atoms with van der Waals surface area (Å²) < 4.78 is 0. The first-order valence-corrected chi connectivity index (χ1v) is 8.45. The molecule has 2 N–H and O–H groups in total. The lowest BCUT2D eigenvalue weighted by atomic mass is 10.0. The summed E-state index contributed by atoms with van der Waals surface area (Å²) in [7, 11) is 0. The van der Waals surface area contributed by atoms with Crippen LogP contribution in [-0.2, 0) is 0 Å². The number of aryl methyl sites for hydroxylation is 2. The summed E-state index contributed by atoms with van der Waals surface area (Å²) in [4.78, 5) is 13.7. The van der Waals surface area contributed by atoms with Crippen molar-refractivity contribution in [3.8, 4) is 0 Å². The van der Waals surface area contributed by atoms with Crippen molar-refractivity contribution in [2.75, 3.05) is 23.3 Å². The van der Waals surface area contributed by atoms with E-state index >= 15 is 0 Å². The molecule has 0 unspecified atom stereocenters. The second-order valence-electron chi connectivity index (χ2n) is 6.53. The molecule has 4 nitrogen and oxygen atoms in total. The molecule has 0 bridgehead atoms. The molecule has 0 radical (unpaired) electrons. The van der Waals surface area contributed by atoms with Gasteiger partial charge in [0, 0.05) is 30.5 Å². The molecule has 2 aromatic carbocycles. The number of anilines is 2. The minimum absolute atomic E-state index is 0.379. The standard InChI is InChI=1S/C20H24N2O2/c1-14-12-15(2)19(13-18(14)20(23)24)21-16-8-10-22(11-9-16)17-6-4-3-5-7-17/h3-7,12-13,16,21H,8-11H2,1-2H3,(H,23,24). The van der Waals surface area contributed by atoms with Crippen LogP contribution in [0.3, 0.4) is 0 Å². The van der Waals surface area contributed by atoms with E-state index in [1.165, 1.54) is 5.69 Å². The van der Waals surface area contributed by atoms with E-state index in [1.807, 2.05) is 26.0 Å². The van der Waals surface area contributed by atoms with Crippen LogP contribution in [0.5, 0.6) is 0 Å². The van der Waals surface area contributed by atoms with Gasteiger partial charge in [0.05, 0.1) is 5.56 Å². The van der Waals surface area contributed by atoms with Gasteiger partial charge in [0.1, 0.15) is 0 Å². The van der Waals surface area contributed by atoms with Gasteiger partial charge in [0.2, 0.25) is 0 Å².